The van der Waals surface area contributed by atoms with E-state index in [1.54, 1.807) is 24.3 Å². The number of nitrogens with one attached hydrogen (secondary N) is 1. The minimum absolute atomic E-state index is 0.0732. The standard InChI is InChI=1S/C22H21F3N2O2/c1-13(2)11-18(28)27-19(15-5-3-7-16(12-15)22(23,24)25)17-9-8-14-6-4-10-26-20(14)21(17)29/h3-10,12-13,19,29H,11H2,1-2H3,(H,27,28). The number of alkyl halides is 3. The highest BCUT2D eigenvalue weighted by Gasteiger charge is 2.32. The van der Waals surface area contributed by atoms with E-state index in [-0.39, 0.29) is 35.1 Å². The number of aromatic nitrogens is 1. The molecule has 0 aliphatic heterocycles. The first-order valence-electron chi connectivity index (χ1n) is 9.20. The van der Waals surface area contributed by atoms with Gasteiger partial charge in [-0.2, -0.15) is 13.2 Å². The molecule has 29 heavy (non-hydrogen) atoms. The maximum absolute atomic E-state index is 13.2. The summed E-state index contributed by atoms with van der Waals surface area (Å²) in [5.74, 6) is -0.415. The number of phenols is 1. The molecular formula is C22H21F3N2O2. The van der Waals surface area contributed by atoms with Crippen molar-refractivity contribution in [1.29, 1.82) is 0 Å². The van der Waals surface area contributed by atoms with Crippen LogP contribution < -0.4 is 5.32 Å². The third-order valence-electron chi connectivity index (χ3n) is 4.54. The van der Waals surface area contributed by atoms with Gasteiger partial charge in [-0.05, 0) is 29.7 Å². The van der Waals surface area contributed by atoms with E-state index in [2.05, 4.69) is 10.3 Å². The average molecular weight is 402 g/mol. The van der Waals surface area contributed by atoms with Crippen LogP contribution in [0.2, 0.25) is 0 Å². The summed E-state index contributed by atoms with van der Waals surface area (Å²) < 4.78 is 39.6. The van der Waals surface area contributed by atoms with Gasteiger partial charge in [-0.15, -0.1) is 0 Å². The highest BCUT2D eigenvalue weighted by atomic mass is 19.4. The first kappa shape index (κ1) is 20.6. The van der Waals surface area contributed by atoms with Crippen LogP contribution in [0.5, 0.6) is 5.75 Å². The van der Waals surface area contributed by atoms with E-state index in [0.29, 0.717) is 10.9 Å². The summed E-state index contributed by atoms with van der Waals surface area (Å²) in [5.41, 5.74) is 0.00624. The van der Waals surface area contributed by atoms with Crippen molar-refractivity contribution in [2.24, 2.45) is 5.92 Å². The SMILES string of the molecule is CC(C)CC(=O)NC(c1cccc(C(F)(F)F)c1)c1ccc2cccnc2c1O. The minimum atomic E-state index is -4.52. The number of phenolic OH excluding ortho intramolecular Hbond substituents is 1. The van der Waals surface area contributed by atoms with Crippen molar-refractivity contribution in [1.82, 2.24) is 10.3 Å². The Balaban J connectivity index is 2.12. The number of rotatable bonds is 5. The summed E-state index contributed by atoms with van der Waals surface area (Å²) in [5, 5.41) is 14.2. The van der Waals surface area contributed by atoms with Crippen molar-refractivity contribution >= 4 is 16.8 Å². The largest absolute Gasteiger partial charge is 0.505 e. The average Bonchev–Trinajstić information content (AvgIpc) is 2.66. The molecule has 2 N–H and O–H groups in total. The molecule has 0 spiro atoms. The molecule has 0 aliphatic rings. The van der Waals surface area contributed by atoms with Gasteiger partial charge < -0.3 is 10.4 Å². The van der Waals surface area contributed by atoms with Crippen molar-refractivity contribution < 1.29 is 23.1 Å². The first-order chi connectivity index (χ1) is 13.7. The zero-order valence-corrected chi connectivity index (χ0v) is 16.0. The number of benzene rings is 2. The Labute approximate surface area is 166 Å². The molecule has 4 nitrogen and oxygen atoms in total. The summed E-state index contributed by atoms with van der Waals surface area (Å²) in [6.45, 7) is 3.74. The number of hydrogen-bond donors (Lipinski definition) is 2. The molecule has 2 aromatic carbocycles. The number of carbonyl (C=O) groups is 1. The lowest BCUT2D eigenvalue weighted by Gasteiger charge is -2.23. The molecule has 1 amide bonds. The summed E-state index contributed by atoms with van der Waals surface area (Å²) in [6, 6.07) is 10.6. The Morgan fingerprint density at radius 2 is 1.90 bits per heavy atom. The topological polar surface area (TPSA) is 62.2 Å². The summed E-state index contributed by atoms with van der Waals surface area (Å²) in [6.07, 6.45) is -2.79. The molecule has 0 aliphatic carbocycles. The molecule has 0 saturated heterocycles. The van der Waals surface area contributed by atoms with Crippen molar-refractivity contribution in [3.63, 3.8) is 0 Å². The van der Waals surface area contributed by atoms with Crippen LogP contribution in [0, 0.1) is 5.92 Å². The predicted octanol–water partition coefficient (Wildman–Crippen LogP) is 5.21. The van der Waals surface area contributed by atoms with Gasteiger partial charge in [0.25, 0.3) is 0 Å². The van der Waals surface area contributed by atoms with Crippen LogP contribution in [-0.2, 0) is 11.0 Å². The van der Waals surface area contributed by atoms with Crippen LogP contribution in [0.1, 0.15) is 43.0 Å². The van der Waals surface area contributed by atoms with Crippen LogP contribution in [0.25, 0.3) is 10.9 Å². The van der Waals surface area contributed by atoms with E-state index in [1.165, 1.54) is 18.3 Å². The molecule has 0 fully saturated rings. The molecule has 0 radical (unpaired) electrons. The van der Waals surface area contributed by atoms with Gasteiger partial charge in [-0.1, -0.05) is 44.2 Å². The Morgan fingerprint density at radius 1 is 1.14 bits per heavy atom. The minimum Gasteiger partial charge on any atom is -0.505 e. The number of amides is 1. The Kier molecular flexibility index (Phi) is 5.77. The second-order valence-electron chi connectivity index (χ2n) is 7.30. The van der Waals surface area contributed by atoms with Crippen molar-refractivity contribution in [2.75, 3.05) is 0 Å². The van der Waals surface area contributed by atoms with Gasteiger partial charge in [0, 0.05) is 23.6 Å². The molecular weight excluding hydrogens is 381 g/mol. The highest BCUT2D eigenvalue weighted by molar-refractivity contribution is 5.86. The van der Waals surface area contributed by atoms with E-state index in [9.17, 15) is 23.1 Å². The monoisotopic (exact) mass is 402 g/mol. The number of pyridine rings is 1. The lowest BCUT2D eigenvalue weighted by molar-refractivity contribution is -0.137. The van der Waals surface area contributed by atoms with Crippen LogP contribution >= 0.6 is 0 Å². The van der Waals surface area contributed by atoms with E-state index >= 15 is 0 Å². The molecule has 1 aromatic heterocycles. The van der Waals surface area contributed by atoms with Gasteiger partial charge in [0.05, 0.1) is 11.6 Å². The van der Waals surface area contributed by atoms with Crippen LogP contribution in [0.15, 0.2) is 54.7 Å². The van der Waals surface area contributed by atoms with Gasteiger partial charge in [0.15, 0.2) is 0 Å². The van der Waals surface area contributed by atoms with E-state index in [1.807, 2.05) is 13.8 Å². The second kappa shape index (κ2) is 8.11. The fourth-order valence-electron chi connectivity index (χ4n) is 3.20. The normalized spacial score (nSPS) is 12.9. The summed E-state index contributed by atoms with van der Waals surface area (Å²) in [7, 11) is 0. The Bertz CT molecular complexity index is 1030. The number of nitrogens with zero attached hydrogens (tertiary/aromatic N) is 1. The van der Waals surface area contributed by atoms with Crippen molar-refractivity contribution in [3.8, 4) is 5.75 Å². The molecule has 152 valence electrons. The van der Waals surface area contributed by atoms with E-state index < -0.39 is 17.8 Å². The zero-order valence-electron chi connectivity index (χ0n) is 16.0. The van der Waals surface area contributed by atoms with Gasteiger partial charge in [-0.3, -0.25) is 9.78 Å². The van der Waals surface area contributed by atoms with Gasteiger partial charge in [-0.25, -0.2) is 0 Å². The summed E-state index contributed by atoms with van der Waals surface area (Å²) in [4.78, 5) is 16.6. The highest BCUT2D eigenvalue weighted by Crippen LogP contribution is 2.37. The summed E-state index contributed by atoms with van der Waals surface area (Å²) >= 11 is 0. The maximum atomic E-state index is 13.2. The first-order valence-corrected chi connectivity index (χ1v) is 9.20. The maximum Gasteiger partial charge on any atom is 0.416 e. The van der Waals surface area contributed by atoms with Gasteiger partial charge >= 0.3 is 6.18 Å². The van der Waals surface area contributed by atoms with Crippen LogP contribution in [0.4, 0.5) is 13.2 Å². The fourth-order valence-corrected chi connectivity index (χ4v) is 3.20. The molecule has 3 rings (SSSR count). The van der Waals surface area contributed by atoms with Crippen molar-refractivity contribution in [3.05, 3.63) is 71.4 Å². The Hall–Kier alpha value is -3.09. The van der Waals surface area contributed by atoms with E-state index in [4.69, 9.17) is 0 Å². The lowest BCUT2D eigenvalue weighted by Crippen LogP contribution is -2.30. The van der Waals surface area contributed by atoms with Gasteiger partial charge in [0.1, 0.15) is 11.3 Å². The number of hydrogen-bond acceptors (Lipinski definition) is 3. The molecule has 7 heteroatoms. The molecule has 3 aromatic rings. The smallest absolute Gasteiger partial charge is 0.416 e. The fraction of sp³-hybridized carbons (Fsp3) is 0.273. The third-order valence-corrected chi connectivity index (χ3v) is 4.54. The number of halogens is 3. The molecule has 1 heterocycles. The number of aromatic hydroxyl groups is 1. The zero-order chi connectivity index (χ0) is 21.2. The van der Waals surface area contributed by atoms with Crippen LogP contribution in [0.3, 0.4) is 0 Å². The molecule has 0 saturated carbocycles. The van der Waals surface area contributed by atoms with Gasteiger partial charge in [0.2, 0.25) is 5.91 Å². The van der Waals surface area contributed by atoms with Crippen LogP contribution in [-0.4, -0.2) is 16.0 Å². The Morgan fingerprint density at radius 3 is 2.59 bits per heavy atom. The molecule has 0 bridgehead atoms. The lowest BCUT2D eigenvalue weighted by atomic mass is 9.94. The number of fused-ring (bicyclic) bond motifs is 1. The second-order valence-corrected chi connectivity index (χ2v) is 7.30. The quantitative estimate of drug-likeness (QED) is 0.616. The predicted molar refractivity (Wildman–Crippen MR) is 104 cm³/mol. The van der Waals surface area contributed by atoms with E-state index in [0.717, 1.165) is 12.1 Å². The van der Waals surface area contributed by atoms with Crippen molar-refractivity contribution in [2.45, 2.75) is 32.5 Å². The third kappa shape index (κ3) is 4.67. The number of carbonyl (C=O) groups excluding carboxylic acids is 1. The molecule has 1 unspecified atom stereocenters. The molecule has 1 atom stereocenters.